The number of hydrogen-bond acceptors (Lipinski definition) is 6. The van der Waals surface area contributed by atoms with Crippen LogP contribution in [0, 0.1) is 88.8 Å². The molecule has 0 amide bonds. The quantitative estimate of drug-likeness (QED) is 0.0748. The lowest BCUT2D eigenvalue weighted by Crippen LogP contribution is -2.52. The van der Waals surface area contributed by atoms with Crippen LogP contribution in [0.5, 0.6) is 0 Å². The van der Waals surface area contributed by atoms with Crippen molar-refractivity contribution in [3.05, 3.63) is 0 Å². The molecule has 36 heteroatoms. The lowest BCUT2D eigenvalue weighted by atomic mass is 9.67. The van der Waals surface area contributed by atoms with Crippen molar-refractivity contribution >= 4 is 0 Å². The van der Waals surface area contributed by atoms with E-state index in [1.165, 1.54) is 51.4 Å². The highest BCUT2D eigenvalue weighted by Gasteiger charge is 2.61. The molecule has 3 aliphatic heterocycles. The molecule has 9 aliphatic carbocycles. The van der Waals surface area contributed by atoms with Crippen LogP contribution in [-0.4, -0.2) is 217 Å². The molecule has 0 radical (unpaired) electrons. The van der Waals surface area contributed by atoms with E-state index in [1.807, 2.05) is 0 Å². The minimum atomic E-state index is -4.22. The van der Waals surface area contributed by atoms with Gasteiger partial charge in [-0.15, -0.1) is 0 Å². The van der Waals surface area contributed by atoms with Gasteiger partial charge in [-0.3, -0.25) is 0 Å². The molecule has 18 atom stereocenters. The first-order valence-corrected chi connectivity index (χ1v) is 42.4. The first-order chi connectivity index (χ1) is 51.8. The van der Waals surface area contributed by atoms with Crippen molar-refractivity contribution in [3.63, 3.8) is 0 Å². The molecule has 12 rings (SSSR count). The number of alkyl halides is 21. The van der Waals surface area contributed by atoms with Gasteiger partial charge in [-0.1, -0.05) is 52.9 Å². The van der Waals surface area contributed by atoms with Gasteiger partial charge in [0.15, 0.2) is 18.5 Å². The van der Waals surface area contributed by atoms with Gasteiger partial charge in [0.1, 0.15) is 91.8 Å². The van der Waals surface area contributed by atoms with Crippen molar-refractivity contribution in [1.82, 2.24) is 0 Å². The van der Waals surface area contributed by atoms with Crippen LogP contribution in [-0.2, 0) is 28.4 Å². The van der Waals surface area contributed by atoms with Crippen molar-refractivity contribution in [3.8, 4) is 0 Å². The molecule has 12 aliphatic rings. The van der Waals surface area contributed by atoms with E-state index in [4.69, 9.17) is 14.2 Å². The Balaban J connectivity index is 0.000000853. The molecule has 9 saturated carbocycles. The number of hydrogen-bond donors (Lipinski definition) is 0. The van der Waals surface area contributed by atoms with Crippen LogP contribution in [0.25, 0.3) is 0 Å². The van der Waals surface area contributed by atoms with Gasteiger partial charge in [0.05, 0.1) is 36.6 Å². The maximum Gasteiger partial charge on any atom is 0.364 e. The molecule has 18 N–H and O–H groups in total. The fraction of sp³-hybridized carbons (Fsp3) is 1.00. The van der Waals surface area contributed by atoms with Gasteiger partial charge in [-0.25, -0.2) is 65.9 Å². The second-order valence-electron chi connectivity index (χ2n) is 35.8. The highest BCUT2D eigenvalue weighted by molar-refractivity contribution is 5.01. The first kappa shape index (κ1) is 114. The summed E-state index contributed by atoms with van der Waals surface area (Å²) in [5.41, 5.74) is 0. The first-order valence-electron chi connectivity index (χ1n) is 42.4. The van der Waals surface area contributed by atoms with Gasteiger partial charge in [-0.05, 0) is 238 Å². The predicted octanol–water partition coefficient (Wildman–Crippen LogP) is 16.6. The third-order valence-corrected chi connectivity index (χ3v) is 28.4. The zero-order chi connectivity index (χ0) is 78.8. The molecular formula is C82H143F21O15. The smallest absolute Gasteiger partial charge is 0.364 e. The lowest BCUT2D eigenvalue weighted by molar-refractivity contribution is -0.324. The van der Waals surface area contributed by atoms with E-state index < -0.39 is 185 Å². The molecule has 708 valence electrons. The largest absolute Gasteiger partial charge is 0.412 e. The summed E-state index contributed by atoms with van der Waals surface area (Å²) >= 11 is 0. The molecule has 118 heavy (non-hydrogen) atoms. The molecular weight excluding hydrogens is 1620 g/mol. The van der Waals surface area contributed by atoms with Gasteiger partial charge in [0.2, 0.25) is 0 Å². The zero-order valence-corrected chi connectivity index (χ0v) is 68.5. The summed E-state index contributed by atoms with van der Waals surface area (Å²) in [7, 11) is 0. The lowest BCUT2D eigenvalue weighted by Gasteiger charge is -2.44. The summed E-state index contributed by atoms with van der Waals surface area (Å²) in [5.74, 6) is -4.44. The van der Waals surface area contributed by atoms with E-state index >= 15 is 17.6 Å². The number of halogens is 21. The Hall–Kier alpha value is -2.07. The molecule has 0 aromatic carbocycles. The van der Waals surface area contributed by atoms with Crippen molar-refractivity contribution in [2.75, 3.05) is 19.8 Å². The highest BCUT2D eigenvalue weighted by atomic mass is 19.3. The van der Waals surface area contributed by atoms with E-state index in [9.17, 15) is 74.6 Å². The van der Waals surface area contributed by atoms with Gasteiger partial charge in [0.25, 0.3) is 0 Å². The summed E-state index contributed by atoms with van der Waals surface area (Å²) in [4.78, 5) is 0. The van der Waals surface area contributed by atoms with E-state index in [0.29, 0.717) is 35.5 Å². The monoisotopic (exact) mass is 1770 g/mol. The van der Waals surface area contributed by atoms with Crippen LogP contribution >= 0.6 is 0 Å². The van der Waals surface area contributed by atoms with E-state index in [0.717, 1.165) is 129 Å². The van der Waals surface area contributed by atoms with Crippen LogP contribution in [0.3, 0.4) is 0 Å². The Labute approximate surface area is 682 Å². The number of ether oxygens (including phenoxy) is 6. The van der Waals surface area contributed by atoms with E-state index in [1.54, 1.807) is 0 Å². The molecule has 3 heterocycles. The Morgan fingerprint density at radius 2 is 0.475 bits per heavy atom. The Morgan fingerprint density at radius 1 is 0.246 bits per heavy atom. The van der Waals surface area contributed by atoms with Gasteiger partial charge in [-0.2, -0.15) is 26.3 Å². The van der Waals surface area contributed by atoms with Crippen molar-refractivity contribution in [1.29, 1.82) is 0 Å². The Bertz CT molecular complexity index is 2560. The van der Waals surface area contributed by atoms with E-state index in [2.05, 4.69) is 35.0 Å². The molecule has 0 aromatic rings. The highest BCUT2D eigenvalue weighted by Crippen LogP contribution is 2.55. The third-order valence-electron chi connectivity index (χ3n) is 28.4. The second kappa shape index (κ2) is 51.7. The minimum Gasteiger partial charge on any atom is -0.412 e. The molecule has 0 aromatic heterocycles. The summed E-state index contributed by atoms with van der Waals surface area (Å²) in [5, 5.41) is 0. The fourth-order valence-electron chi connectivity index (χ4n) is 21.9. The third kappa shape index (κ3) is 29.8. The average molecular weight is 1770 g/mol. The maximum absolute atomic E-state index is 15.1. The Kier molecular flexibility index (Phi) is 49.9. The SMILES string of the molecule is CCC1CCC(C2CCC(C3CC(F)C(C(F)(F)OC4CC(F)C(F)C(F)C4)C(F)C3)CC2)OC1.CCCC1CCC(C2CCC(C3CC(F)C(C(F)(F)OC4CC(F)C(F)C(F)C4)C(F)C3)CC2)OC1.CCCCCC1CCC(C2CCC(C3CC(F)C(C(F)(F)OC4CC(F)C(F)C(F)C4)C(F)C3)CC2)OC1.O.O.O.O.O.O.O.O.O. The van der Waals surface area contributed by atoms with Crippen LogP contribution in [0.1, 0.15) is 258 Å². The second-order valence-corrected chi connectivity index (χ2v) is 35.8. The van der Waals surface area contributed by atoms with Crippen molar-refractivity contribution in [2.24, 2.45) is 88.8 Å². The van der Waals surface area contributed by atoms with Crippen molar-refractivity contribution < 1.29 is 170 Å². The van der Waals surface area contributed by atoms with Gasteiger partial charge >= 0.3 is 18.3 Å². The standard InChI is InChI=1S/C29H45F7O2.C27H41F7O2.C26H39F7O2.9H2O/c1-2-3-4-5-17-6-11-26(37-16-17)19-9-7-18(8-10-19)20-12-22(30)27(23(31)13-20)29(35,36)38-21-14-24(32)28(34)25(33)15-21;1-2-3-15-4-9-24(35-14-15)17-7-5-16(6-8-17)18-10-20(28)25(21(29)11-18)27(33,34)36-19-12-22(30)26(32)23(31)13-19;1-2-14-3-8-23(34-13-14)16-6-4-15(5-7-16)17-9-19(27)24(20(28)10-17)26(32,33)35-18-11-21(29)25(31)22(30)12-18;;;;;;;;;/h17-28H,2-16H2,1H3;15-26H,2-14H2,1H3;14-25H,2-13H2,1H3;9*1H2. The summed E-state index contributed by atoms with van der Waals surface area (Å²) in [6, 6.07) is 0. The fourth-order valence-corrected chi connectivity index (χ4v) is 21.9. The molecule has 0 bridgehead atoms. The topological polar surface area (TPSA) is 339 Å². The molecule has 12 fully saturated rings. The van der Waals surface area contributed by atoms with Crippen LogP contribution in [0.2, 0.25) is 0 Å². The summed E-state index contributed by atoms with van der Waals surface area (Å²) in [6.07, 6.45) is -30.4. The van der Waals surface area contributed by atoms with E-state index in [-0.39, 0.29) is 142 Å². The Morgan fingerprint density at radius 3 is 0.686 bits per heavy atom. The van der Waals surface area contributed by atoms with Crippen LogP contribution in [0.15, 0.2) is 0 Å². The molecule has 18 unspecified atom stereocenters. The van der Waals surface area contributed by atoms with Crippen LogP contribution < -0.4 is 0 Å². The molecule has 0 spiro atoms. The maximum atomic E-state index is 15.1. The molecule has 15 nitrogen and oxygen atoms in total. The summed E-state index contributed by atoms with van der Waals surface area (Å²) < 4.78 is 333. The predicted molar refractivity (Wildman–Crippen MR) is 405 cm³/mol. The number of rotatable bonds is 22. The number of unbranched alkanes of at least 4 members (excludes halogenated alkanes) is 2. The van der Waals surface area contributed by atoms with Crippen LogP contribution in [0.4, 0.5) is 92.2 Å². The normalized spacial score (nSPS) is 43.1. The van der Waals surface area contributed by atoms with Crippen molar-refractivity contribution in [2.45, 2.75) is 406 Å². The minimum absolute atomic E-state index is 0. The molecule has 3 saturated heterocycles. The zero-order valence-electron chi connectivity index (χ0n) is 68.5. The summed E-state index contributed by atoms with van der Waals surface area (Å²) in [6.45, 7) is 8.96. The van der Waals surface area contributed by atoms with Gasteiger partial charge in [0, 0.05) is 58.3 Å². The van der Waals surface area contributed by atoms with Gasteiger partial charge < -0.3 is 77.7 Å². The average Bonchev–Trinajstić information content (AvgIpc) is 0.785.